The summed E-state index contributed by atoms with van der Waals surface area (Å²) < 4.78 is 0. The maximum absolute atomic E-state index is 11.3. The molecule has 0 aromatic heterocycles. The normalized spacial score (nSPS) is 10.3. The highest BCUT2D eigenvalue weighted by Crippen LogP contribution is 2.37. The van der Waals surface area contributed by atoms with E-state index in [9.17, 15) is 9.59 Å². The lowest BCUT2D eigenvalue weighted by atomic mass is 10.2. The summed E-state index contributed by atoms with van der Waals surface area (Å²) in [5, 5.41) is 0. The van der Waals surface area contributed by atoms with E-state index in [1.807, 2.05) is 48.5 Å². The minimum absolute atomic E-state index is 0.0658. The molecule has 20 heavy (non-hydrogen) atoms. The van der Waals surface area contributed by atoms with Gasteiger partial charge in [0.25, 0.3) is 0 Å². The summed E-state index contributed by atoms with van der Waals surface area (Å²) in [6.07, 6.45) is 0. The van der Waals surface area contributed by atoms with Gasteiger partial charge in [0.1, 0.15) is 0 Å². The van der Waals surface area contributed by atoms with Crippen molar-refractivity contribution >= 4 is 33.2 Å². The van der Waals surface area contributed by atoms with E-state index >= 15 is 0 Å². The van der Waals surface area contributed by atoms with Crippen molar-refractivity contribution < 1.29 is 9.59 Å². The van der Waals surface area contributed by atoms with Crippen molar-refractivity contribution in [3.63, 3.8) is 0 Å². The van der Waals surface area contributed by atoms with Crippen molar-refractivity contribution in [3.8, 4) is 0 Å². The molecule has 0 unspecified atom stereocenters. The van der Waals surface area contributed by atoms with E-state index in [1.165, 1.54) is 0 Å². The van der Waals surface area contributed by atoms with E-state index in [4.69, 9.17) is 0 Å². The molecule has 2 aromatic rings. The van der Waals surface area contributed by atoms with Crippen molar-refractivity contribution in [3.05, 3.63) is 59.7 Å². The Labute approximate surface area is 126 Å². The lowest BCUT2D eigenvalue weighted by molar-refractivity contribution is 0.100. The zero-order valence-corrected chi connectivity index (χ0v) is 12.9. The Bertz CT molecular complexity index is 593. The Morgan fingerprint density at radius 1 is 0.750 bits per heavy atom. The summed E-state index contributed by atoms with van der Waals surface area (Å²) in [5.41, 5.74) is 1.43. The SMILES string of the molecule is CC(=O)c1cccc(SSc2cccc(C(C)=O)c2)c1. The third-order valence-electron chi connectivity index (χ3n) is 2.72. The van der Waals surface area contributed by atoms with Crippen molar-refractivity contribution in [2.75, 3.05) is 0 Å². The minimum Gasteiger partial charge on any atom is -0.295 e. The second-order valence-corrected chi connectivity index (χ2v) is 6.61. The van der Waals surface area contributed by atoms with Crippen LogP contribution in [0.25, 0.3) is 0 Å². The first-order valence-corrected chi connectivity index (χ1v) is 8.28. The van der Waals surface area contributed by atoms with Gasteiger partial charge >= 0.3 is 0 Å². The average Bonchev–Trinajstić information content (AvgIpc) is 2.45. The predicted molar refractivity (Wildman–Crippen MR) is 84.6 cm³/mol. The standard InChI is InChI=1S/C16H14O2S2/c1-11(17)13-5-3-7-15(9-13)19-20-16-8-4-6-14(10-16)12(2)18/h3-10H,1-2H3. The van der Waals surface area contributed by atoms with Gasteiger partial charge in [-0.05, 0) is 38.1 Å². The second kappa shape index (κ2) is 6.77. The fraction of sp³-hybridized carbons (Fsp3) is 0.125. The van der Waals surface area contributed by atoms with E-state index < -0.39 is 0 Å². The van der Waals surface area contributed by atoms with Gasteiger partial charge in [-0.25, -0.2) is 0 Å². The molecular formula is C16H14O2S2. The Hall–Kier alpha value is -1.52. The number of Topliss-reactive ketones (excluding diaryl/α,β-unsaturated/α-hetero) is 2. The Morgan fingerprint density at radius 3 is 1.50 bits per heavy atom. The molecule has 0 fully saturated rings. The van der Waals surface area contributed by atoms with E-state index in [-0.39, 0.29) is 11.6 Å². The van der Waals surface area contributed by atoms with Gasteiger partial charge in [-0.15, -0.1) is 0 Å². The third-order valence-corrected chi connectivity index (χ3v) is 5.10. The van der Waals surface area contributed by atoms with Gasteiger partial charge in [-0.2, -0.15) is 0 Å². The van der Waals surface area contributed by atoms with E-state index in [0.717, 1.165) is 9.79 Å². The Morgan fingerprint density at radius 2 is 1.15 bits per heavy atom. The zero-order chi connectivity index (χ0) is 14.5. The molecule has 0 heterocycles. The van der Waals surface area contributed by atoms with Gasteiger partial charge in [0.05, 0.1) is 0 Å². The molecule has 2 aromatic carbocycles. The summed E-state index contributed by atoms with van der Waals surface area (Å²) in [5.74, 6) is 0.132. The molecule has 0 bridgehead atoms. The molecule has 2 nitrogen and oxygen atoms in total. The highest BCUT2D eigenvalue weighted by atomic mass is 33.1. The van der Waals surface area contributed by atoms with Gasteiger partial charge in [0, 0.05) is 20.9 Å². The fourth-order valence-corrected chi connectivity index (χ4v) is 3.64. The van der Waals surface area contributed by atoms with Crippen molar-refractivity contribution in [2.45, 2.75) is 23.6 Å². The summed E-state index contributed by atoms with van der Waals surface area (Å²) >= 11 is 0. The first kappa shape index (κ1) is 14.9. The molecule has 0 atom stereocenters. The lowest BCUT2D eigenvalue weighted by Gasteiger charge is -2.04. The second-order valence-electron chi connectivity index (χ2n) is 4.33. The summed E-state index contributed by atoms with van der Waals surface area (Å²) in [6, 6.07) is 15.1. The number of benzene rings is 2. The molecule has 0 aliphatic rings. The predicted octanol–water partition coefficient (Wildman–Crippen LogP) is 4.89. The van der Waals surface area contributed by atoms with Crippen LogP contribution in [-0.2, 0) is 0 Å². The van der Waals surface area contributed by atoms with Crippen LogP contribution in [0.4, 0.5) is 0 Å². The molecule has 0 amide bonds. The van der Waals surface area contributed by atoms with Crippen LogP contribution in [0.5, 0.6) is 0 Å². The van der Waals surface area contributed by atoms with Crippen molar-refractivity contribution in [1.29, 1.82) is 0 Å². The monoisotopic (exact) mass is 302 g/mol. The number of hydrogen-bond acceptors (Lipinski definition) is 4. The molecule has 4 heteroatoms. The molecule has 2 rings (SSSR count). The number of ketones is 2. The van der Waals surface area contributed by atoms with Crippen molar-refractivity contribution in [2.24, 2.45) is 0 Å². The Kier molecular flexibility index (Phi) is 5.04. The maximum Gasteiger partial charge on any atom is 0.159 e. The number of rotatable bonds is 5. The fourth-order valence-electron chi connectivity index (χ4n) is 1.63. The smallest absolute Gasteiger partial charge is 0.159 e. The molecule has 0 spiro atoms. The molecule has 102 valence electrons. The molecule has 0 saturated carbocycles. The highest BCUT2D eigenvalue weighted by molar-refractivity contribution is 8.76. The largest absolute Gasteiger partial charge is 0.295 e. The van der Waals surface area contributed by atoms with Gasteiger partial charge in [0.2, 0.25) is 0 Å². The molecule has 0 aliphatic carbocycles. The molecular weight excluding hydrogens is 288 g/mol. The van der Waals surface area contributed by atoms with Gasteiger partial charge < -0.3 is 0 Å². The van der Waals surface area contributed by atoms with Crippen LogP contribution in [-0.4, -0.2) is 11.6 Å². The molecule has 0 radical (unpaired) electrons. The van der Waals surface area contributed by atoms with Crippen LogP contribution in [0.2, 0.25) is 0 Å². The quantitative estimate of drug-likeness (QED) is 0.581. The number of hydrogen-bond donors (Lipinski definition) is 0. The van der Waals surface area contributed by atoms with E-state index in [0.29, 0.717) is 11.1 Å². The van der Waals surface area contributed by atoms with Crippen LogP contribution >= 0.6 is 21.6 Å². The summed E-state index contributed by atoms with van der Waals surface area (Å²) in [6.45, 7) is 3.13. The van der Waals surface area contributed by atoms with E-state index in [1.54, 1.807) is 35.4 Å². The van der Waals surface area contributed by atoms with Gasteiger partial charge in [-0.1, -0.05) is 45.9 Å². The van der Waals surface area contributed by atoms with Crippen LogP contribution in [0.1, 0.15) is 34.6 Å². The minimum atomic E-state index is 0.0658. The van der Waals surface area contributed by atoms with Crippen LogP contribution in [0.15, 0.2) is 58.3 Å². The van der Waals surface area contributed by atoms with E-state index in [2.05, 4.69) is 0 Å². The van der Waals surface area contributed by atoms with Gasteiger partial charge in [0.15, 0.2) is 11.6 Å². The summed E-state index contributed by atoms with van der Waals surface area (Å²) in [4.78, 5) is 24.7. The van der Waals surface area contributed by atoms with Crippen LogP contribution in [0.3, 0.4) is 0 Å². The first-order valence-electron chi connectivity index (χ1n) is 6.13. The lowest BCUT2D eigenvalue weighted by Crippen LogP contribution is -1.91. The van der Waals surface area contributed by atoms with Crippen molar-refractivity contribution in [1.82, 2.24) is 0 Å². The topological polar surface area (TPSA) is 34.1 Å². The third kappa shape index (κ3) is 3.99. The maximum atomic E-state index is 11.3. The highest BCUT2D eigenvalue weighted by Gasteiger charge is 2.04. The Balaban J connectivity index is 2.08. The molecule has 0 aliphatic heterocycles. The molecule has 0 saturated heterocycles. The average molecular weight is 302 g/mol. The number of carbonyl (C=O) groups excluding carboxylic acids is 2. The zero-order valence-electron chi connectivity index (χ0n) is 11.3. The summed E-state index contributed by atoms with van der Waals surface area (Å²) in [7, 11) is 3.16. The van der Waals surface area contributed by atoms with Crippen LogP contribution < -0.4 is 0 Å². The van der Waals surface area contributed by atoms with Gasteiger partial charge in [-0.3, -0.25) is 9.59 Å². The first-order chi connectivity index (χ1) is 9.56. The number of carbonyl (C=O) groups is 2. The van der Waals surface area contributed by atoms with Crippen LogP contribution in [0, 0.1) is 0 Å². The molecule has 0 N–H and O–H groups in total.